The summed E-state index contributed by atoms with van der Waals surface area (Å²) < 4.78 is 33.2. The highest BCUT2D eigenvalue weighted by Gasteiger charge is 2.27. The number of ether oxygens (including phenoxy) is 1. The molecule has 0 aliphatic carbocycles. The molecule has 7 nitrogen and oxygen atoms in total. The zero-order valence-corrected chi connectivity index (χ0v) is 18.3. The molecule has 2 aromatic rings. The fourth-order valence-corrected chi connectivity index (χ4v) is 4.71. The lowest BCUT2D eigenvalue weighted by Gasteiger charge is -2.27. The highest BCUT2D eigenvalue weighted by Crippen LogP contribution is 2.24. The van der Waals surface area contributed by atoms with Gasteiger partial charge >= 0.3 is 0 Å². The number of carbonyl (C=O) groups is 1. The van der Waals surface area contributed by atoms with E-state index in [0.29, 0.717) is 32.0 Å². The molecule has 2 aromatic carbocycles. The van der Waals surface area contributed by atoms with E-state index in [0.717, 1.165) is 24.2 Å². The van der Waals surface area contributed by atoms with Gasteiger partial charge < -0.3 is 10.1 Å². The van der Waals surface area contributed by atoms with E-state index in [2.05, 4.69) is 10.2 Å². The van der Waals surface area contributed by atoms with E-state index >= 15 is 0 Å². The van der Waals surface area contributed by atoms with E-state index in [1.54, 1.807) is 42.5 Å². The molecule has 1 aliphatic rings. The van der Waals surface area contributed by atoms with Crippen molar-refractivity contribution in [2.24, 2.45) is 0 Å². The molecule has 0 atom stereocenters. The summed E-state index contributed by atoms with van der Waals surface area (Å²) in [6.07, 6.45) is 0. The van der Waals surface area contributed by atoms with Crippen molar-refractivity contribution in [3.63, 3.8) is 0 Å². The Morgan fingerprint density at radius 2 is 1.77 bits per heavy atom. The first-order valence-electron chi connectivity index (χ1n) is 10.1. The minimum absolute atomic E-state index is 0.163. The van der Waals surface area contributed by atoms with Crippen molar-refractivity contribution in [2.75, 3.05) is 50.2 Å². The number of benzene rings is 2. The summed E-state index contributed by atoms with van der Waals surface area (Å²) in [6.45, 7) is 7.77. The molecule has 1 fully saturated rings. The third kappa shape index (κ3) is 5.81. The molecule has 8 heteroatoms. The molecule has 0 saturated carbocycles. The van der Waals surface area contributed by atoms with Gasteiger partial charge in [-0.3, -0.25) is 14.0 Å². The summed E-state index contributed by atoms with van der Waals surface area (Å²) in [4.78, 5) is 15.0. The maximum Gasteiger partial charge on any atom is 0.264 e. The smallest absolute Gasteiger partial charge is 0.264 e. The Morgan fingerprint density at radius 3 is 2.43 bits per heavy atom. The van der Waals surface area contributed by atoms with E-state index in [-0.39, 0.29) is 17.3 Å². The number of hydrogen-bond donors (Lipinski definition) is 1. The molecule has 0 spiro atoms. The summed E-state index contributed by atoms with van der Waals surface area (Å²) in [7, 11) is -3.88. The predicted molar refractivity (Wildman–Crippen MR) is 117 cm³/mol. The summed E-state index contributed by atoms with van der Waals surface area (Å²) in [5.74, 6) is -0.333. The van der Waals surface area contributed by atoms with Crippen molar-refractivity contribution < 1.29 is 17.9 Å². The number of sulfonamides is 1. The van der Waals surface area contributed by atoms with Crippen molar-refractivity contribution in [2.45, 2.75) is 18.7 Å². The number of aryl methyl sites for hydroxylation is 2. The fourth-order valence-electron chi connectivity index (χ4n) is 3.30. The minimum Gasteiger partial charge on any atom is -0.379 e. The molecule has 162 valence electrons. The van der Waals surface area contributed by atoms with Crippen LogP contribution in [-0.4, -0.2) is 65.2 Å². The van der Waals surface area contributed by atoms with Crippen LogP contribution in [0.4, 0.5) is 5.69 Å². The van der Waals surface area contributed by atoms with Gasteiger partial charge in [-0.2, -0.15) is 0 Å². The number of anilines is 1. The predicted octanol–water partition coefficient (Wildman–Crippen LogP) is 1.95. The quantitative estimate of drug-likeness (QED) is 0.691. The van der Waals surface area contributed by atoms with Crippen molar-refractivity contribution in [3.05, 3.63) is 59.7 Å². The number of rotatable bonds is 8. The van der Waals surface area contributed by atoms with Gasteiger partial charge in [-0.15, -0.1) is 0 Å². The molecule has 1 heterocycles. The summed E-state index contributed by atoms with van der Waals surface area (Å²) in [6, 6.07) is 13.8. The van der Waals surface area contributed by atoms with Crippen LogP contribution in [0, 0.1) is 13.8 Å². The molecule has 0 radical (unpaired) electrons. The van der Waals surface area contributed by atoms with Gasteiger partial charge in [0.15, 0.2) is 0 Å². The first kappa shape index (κ1) is 22.3. The normalized spacial score (nSPS) is 15.0. The Hall–Kier alpha value is -2.42. The van der Waals surface area contributed by atoms with Crippen LogP contribution in [0.3, 0.4) is 0 Å². The lowest BCUT2D eigenvalue weighted by molar-refractivity contribution is -0.119. The van der Waals surface area contributed by atoms with Crippen LogP contribution in [0.25, 0.3) is 0 Å². The highest BCUT2D eigenvalue weighted by molar-refractivity contribution is 7.92. The van der Waals surface area contributed by atoms with Crippen molar-refractivity contribution in [3.8, 4) is 0 Å². The lowest BCUT2D eigenvalue weighted by atomic mass is 10.2. The Kier molecular flexibility index (Phi) is 7.47. The Morgan fingerprint density at radius 1 is 1.07 bits per heavy atom. The molecule has 1 aliphatic heterocycles. The van der Waals surface area contributed by atoms with Gasteiger partial charge in [-0.05, 0) is 43.7 Å². The van der Waals surface area contributed by atoms with E-state index in [1.165, 1.54) is 4.31 Å². The van der Waals surface area contributed by atoms with E-state index in [9.17, 15) is 13.2 Å². The Bertz CT molecular complexity index is 955. The van der Waals surface area contributed by atoms with Gasteiger partial charge in [0.25, 0.3) is 10.0 Å². The topological polar surface area (TPSA) is 79.0 Å². The van der Waals surface area contributed by atoms with Crippen molar-refractivity contribution in [1.29, 1.82) is 0 Å². The first-order chi connectivity index (χ1) is 14.4. The standard InChI is InChI=1S/C22H29N3O4S/c1-18-6-8-21(9-7-18)30(27,28)25(20-5-3-4-19(2)16-20)17-22(26)23-10-11-24-12-14-29-15-13-24/h3-9,16H,10-15,17H2,1-2H3,(H,23,26). The molecular weight excluding hydrogens is 402 g/mol. The summed E-state index contributed by atoms with van der Waals surface area (Å²) >= 11 is 0. The molecule has 0 aromatic heterocycles. The maximum atomic E-state index is 13.3. The van der Waals surface area contributed by atoms with Crippen LogP contribution in [0.1, 0.15) is 11.1 Å². The Labute approximate surface area is 178 Å². The van der Waals surface area contributed by atoms with Crippen LogP contribution < -0.4 is 9.62 Å². The third-order valence-corrected chi connectivity index (χ3v) is 6.83. The van der Waals surface area contributed by atoms with Gasteiger partial charge in [0.2, 0.25) is 5.91 Å². The van der Waals surface area contributed by atoms with E-state index in [4.69, 9.17) is 4.74 Å². The minimum atomic E-state index is -3.88. The molecule has 0 unspecified atom stereocenters. The number of hydrogen-bond acceptors (Lipinski definition) is 5. The maximum absolute atomic E-state index is 13.3. The SMILES string of the molecule is Cc1ccc(S(=O)(=O)N(CC(=O)NCCN2CCOCC2)c2cccc(C)c2)cc1. The van der Waals surface area contributed by atoms with E-state index in [1.807, 2.05) is 19.9 Å². The highest BCUT2D eigenvalue weighted by atomic mass is 32.2. The molecule has 3 rings (SSSR count). The molecule has 1 N–H and O–H groups in total. The summed E-state index contributed by atoms with van der Waals surface area (Å²) in [5, 5.41) is 2.85. The van der Waals surface area contributed by atoms with E-state index < -0.39 is 10.0 Å². The van der Waals surface area contributed by atoms with Crippen molar-refractivity contribution >= 4 is 21.6 Å². The largest absolute Gasteiger partial charge is 0.379 e. The summed E-state index contributed by atoms with van der Waals surface area (Å²) in [5.41, 5.74) is 2.36. The van der Waals surface area contributed by atoms with Gasteiger partial charge in [-0.1, -0.05) is 29.8 Å². The number of nitrogens with zero attached hydrogens (tertiary/aromatic N) is 2. The fraction of sp³-hybridized carbons (Fsp3) is 0.409. The molecule has 30 heavy (non-hydrogen) atoms. The second-order valence-electron chi connectivity index (χ2n) is 7.47. The lowest BCUT2D eigenvalue weighted by Crippen LogP contribution is -2.44. The average Bonchev–Trinajstić information content (AvgIpc) is 2.73. The third-order valence-electron chi connectivity index (χ3n) is 5.04. The van der Waals surface area contributed by atoms with Gasteiger partial charge in [0.05, 0.1) is 23.8 Å². The molecular formula is C22H29N3O4S. The van der Waals surface area contributed by atoms with Gasteiger partial charge in [0.1, 0.15) is 6.54 Å². The molecule has 1 saturated heterocycles. The first-order valence-corrected chi connectivity index (χ1v) is 11.5. The average molecular weight is 432 g/mol. The van der Waals surface area contributed by atoms with Crippen LogP contribution in [-0.2, 0) is 19.6 Å². The zero-order chi connectivity index (χ0) is 21.6. The molecule has 1 amide bonds. The van der Waals surface area contributed by atoms with Gasteiger partial charge in [-0.25, -0.2) is 8.42 Å². The second-order valence-corrected chi connectivity index (χ2v) is 9.33. The van der Waals surface area contributed by atoms with Crippen molar-refractivity contribution in [1.82, 2.24) is 10.2 Å². The number of morpholine rings is 1. The van der Waals surface area contributed by atoms with Crippen LogP contribution in [0.2, 0.25) is 0 Å². The Balaban J connectivity index is 1.74. The number of amides is 1. The monoisotopic (exact) mass is 431 g/mol. The van der Waals surface area contributed by atoms with Crippen LogP contribution in [0.5, 0.6) is 0 Å². The van der Waals surface area contributed by atoms with Crippen LogP contribution >= 0.6 is 0 Å². The number of carbonyl (C=O) groups excluding carboxylic acids is 1. The second kappa shape index (κ2) is 10.1. The number of nitrogens with one attached hydrogen (secondary N) is 1. The zero-order valence-electron chi connectivity index (χ0n) is 17.5. The van der Waals surface area contributed by atoms with Crippen LogP contribution in [0.15, 0.2) is 53.4 Å². The molecule has 0 bridgehead atoms. The van der Waals surface area contributed by atoms with Gasteiger partial charge in [0, 0.05) is 26.2 Å².